The number of aromatic nitrogens is 1. The van der Waals surface area contributed by atoms with Gasteiger partial charge in [-0.15, -0.1) is 0 Å². The van der Waals surface area contributed by atoms with Crippen LogP contribution in [0.1, 0.15) is 25.5 Å². The zero-order valence-electron chi connectivity index (χ0n) is 11.2. The van der Waals surface area contributed by atoms with Gasteiger partial charge in [0.1, 0.15) is 12.4 Å². The minimum Gasteiger partial charge on any atom is -0.492 e. The first-order chi connectivity index (χ1) is 8.88. The number of likely N-dealkylation sites (tertiary alicyclic amines) is 1. The Hall–Kier alpha value is -1.13. The van der Waals surface area contributed by atoms with Crippen molar-refractivity contribution < 1.29 is 4.74 Å². The third kappa shape index (κ3) is 4.27. The van der Waals surface area contributed by atoms with E-state index >= 15 is 0 Å². The lowest BCUT2D eigenvalue weighted by Crippen LogP contribution is -2.25. The molecule has 18 heavy (non-hydrogen) atoms. The number of ether oxygens (including phenoxy) is 1. The van der Waals surface area contributed by atoms with Crippen molar-refractivity contribution in [3.05, 3.63) is 24.0 Å². The lowest BCUT2D eigenvalue weighted by molar-refractivity contribution is 0.237. The molecule has 0 unspecified atom stereocenters. The van der Waals surface area contributed by atoms with Crippen LogP contribution in [-0.2, 0) is 6.54 Å². The average Bonchev–Trinajstić information content (AvgIpc) is 2.90. The van der Waals surface area contributed by atoms with Crippen LogP contribution in [-0.4, -0.2) is 42.7 Å². The molecule has 0 saturated carbocycles. The van der Waals surface area contributed by atoms with Crippen molar-refractivity contribution in [2.45, 2.75) is 26.3 Å². The van der Waals surface area contributed by atoms with Crippen LogP contribution in [0.15, 0.2) is 18.3 Å². The second-order valence-electron chi connectivity index (χ2n) is 4.66. The van der Waals surface area contributed by atoms with Crippen LogP contribution in [0.2, 0.25) is 0 Å². The van der Waals surface area contributed by atoms with Crippen LogP contribution in [0.25, 0.3) is 0 Å². The van der Waals surface area contributed by atoms with Crippen molar-refractivity contribution in [2.75, 3.05) is 32.8 Å². The smallest absolute Gasteiger partial charge is 0.122 e. The standard InChI is InChI=1S/C14H23N3O/c1-2-15-12-13-11-14(5-6-16-13)18-10-9-17-7-3-4-8-17/h5-6,11,15H,2-4,7-10,12H2,1H3. The molecule has 1 aromatic rings. The summed E-state index contributed by atoms with van der Waals surface area (Å²) in [6.45, 7) is 8.12. The molecule has 0 aromatic carbocycles. The minimum absolute atomic E-state index is 0.769. The van der Waals surface area contributed by atoms with E-state index in [0.717, 1.165) is 37.7 Å². The molecule has 2 heterocycles. The predicted octanol–water partition coefficient (Wildman–Crippen LogP) is 1.67. The van der Waals surface area contributed by atoms with E-state index in [1.807, 2.05) is 18.3 Å². The number of pyridine rings is 1. The van der Waals surface area contributed by atoms with Crippen molar-refractivity contribution in [3.63, 3.8) is 0 Å². The lowest BCUT2D eigenvalue weighted by Gasteiger charge is -2.15. The highest BCUT2D eigenvalue weighted by molar-refractivity contribution is 5.22. The Labute approximate surface area is 109 Å². The van der Waals surface area contributed by atoms with Crippen LogP contribution in [0, 0.1) is 0 Å². The van der Waals surface area contributed by atoms with Crippen LogP contribution >= 0.6 is 0 Å². The fraction of sp³-hybridized carbons (Fsp3) is 0.643. The molecular weight excluding hydrogens is 226 g/mol. The number of hydrogen-bond donors (Lipinski definition) is 1. The summed E-state index contributed by atoms with van der Waals surface area (Å²) in [5.74, 6) is 0.928. The van der Waals surface area contributed by atoms with Gasteiger partial charge in [0.25, 0.3) is 0 Å². The third-order valence-electron chi connectivity index (χ3n) is 3.22. The monoisotopic (exact) mass is 249 g/mol. The molecule has 0 aliphatic carbocycles. The van der Waals surface area contributed by atoms with Gasteiger partial charge in [-0.25, -0.2) is 0 Å². The highest BCUT2D eigenvalue weighted by Gasteiger charge is 2.10. The summed E-state index contributed by atoms with van der Waals surface area (Å²) >= 11 is 0. The first-order valence-corrected chi connectivity index (χ1v) is 6.89. The fourth-order valence-electron chi connectivity index (χ4n) is 2.19. The van der Waals surface area contributed by atoms with E-state index in [1.165, 1.54) is 25.9 Å². The molecule has 0 bridgehead atoms. The van der Waals surface area contributed by atoms with Gasteiger partial charge < -0.3 is 10.1 Å². The quantitative estimate of drug-likeness (QED) is 0.797. The Bertz CT molecular complexity index is 351. The van der Waals surface area contributed by atoms with Gasteiger partial charge in [-0.2, -0.15) is 0 Å². The van der Waals surface area contributed by atoms with Gasteiger partial charge in [-0.05, 0) is 38.5 Å². The Balaban J connectivity index is 1.74. The van der Waals surface area contributed by atoms with Gasteiger partial charge in [0.15, 0.2) is 0 Å². The molecule has 1 aliphatic rings. The van der Waals surface area contributed by atoms with E-state index in [2.05, 4.69) is 22.1 Å². The maximum Gasteiger partial charge on any atom is 0.122 e. The van der Waals surface area contributed by atoms with Gasteiger partial charge in [-0.1, -0.05) is 6.92 Å². The Kier molecular flexibility index (Phi) is 5.42. The summed E-state index contributed by atoms with van der Waals surface area (Å²) in [5, 5.41) is 3.27. The molecule has 1 aromatic heterocycles. The molecule has 2 rings (SSSR count). The molecule has 1 N–H and O–H groups in total. The van der Waals surface area contributed by atoms with Crippen molar-refractivity contribution >= 4 is 0 Å². The average molecular weight is 249 g/mol. The van der Waals surface area contributed by atoms with E-state index < -0.39 is 0 Å². The lowest BCUT2D eigenvalue weighted by atomic mass is 10.3. The predicted molar refractivity (Wildman–Crippen MR) is 72.8 cm³/mol. The summed E-state index contributed by atoms with van der Waals surface area (Å²) in [4.78, 5) is 6.77. The second-order valence-corrected chi connectivity index (χ2v) is 4.66. The molecule has 100 valence electrons. The SMILES string of the molecule is CCNCc1cc(OCCN2CCCC2)ccn1. The van der Waals surface area contributed by atoms with Crippen LogP contribution in [0.3, 0.4) is 0 Å². The van der Waals surface area contributed by atoms with E-state index in [-0.39, 0.29) is 0 Å². The molecular formula is C14H23N3O. The first-order valence-electron chi connectivity index (χ1n) is 6.89. The summed E-state index contributed by atoms with van der Waals surface area (Å²) in [7, 11) is 0. The molecule has 0 spiro atoms. The number of hydrogen-bond acceptors (Lipinski definition) is 4. The molecule has 0 atom stereocenters. The van der Waals surface area contributed by atoms with E-state index in [1.54, 1.807) is 0 Å². The summed E-state index contributed by atoms with van der Waals surface area (Å²) in [5.41, 5.74) is 1.04. The van der Waals surface area contributed by atoms with Crippen LogP contribution in [0.5, 0.6) is 5.75 Å². The zero-order chi connectivity index (χ0) is 12.6. The largest absolute Gasteiger partial charge is 0.492 e. The first kappa shape index (κ1) is 13.3. The Morgan fingerprint density at radius 2 is 2.22 bits per heavy atom. The van der Waals surface area contributed by atoms with E-state index in [0.29, 0.717) is 0 Å². The van der Waals surface area contributed by atoms with Crippen molar-refractivity contribution in [3.8, 4) is 5.75 Å². The summed E-state index contributed by atoms with van der Waals surface area (Å²) < 4.78 is 5.78. The number of rotatable bonds is 7. The molecule has 4 heteroatoms. The second kappa shape index (κ2) is 7.34. The Morgan fingerprint density at radius 3 is 3.00 bits per heavy atom. The topological polar surface area (TPSA) is 37.4 Å². The van der Waals surface area contributed by atoms with Crippen molar-refractivity contribution in [1.29, 1.82) is 0 Å². The number of nitrogens with zero attached hydrogens (tertiary/aromatic N) is 2. The molecule has 1 saturated heterocycles. The van der Waals surface area contributed by atoms with Crippen molar-refractivity contribution in [2.24, 2.45) is 0 Å². The van der Waals surface area contributed by atoms with Gasteiger partial charge >= 0.3 is 0 Å². The Morgan fingerprint density at radius 1 is 1.39 bits per heavy atom. The number of nitrogens with one attached hydrogen (secondary N) is 1. The molecule has 0 amide bonds. The summed E-state index contributed by atoms with van der Waals surface area (Å²) in [6, 6.07) is 3.95. The van der Waals surface area contributed by atoms with Gasteiger partial charge in [-0.3, -0.25) is 9.88 Å². The van der Waals surface area contributed by atoms with Gasteiger partial charge in [0.2, 0.25) is 0 Å². The molecule has 0 radical (unpaired) electrons. The molecule has 1 fully saturated rings. The maximum atomic E-state index is 5.78. The molecule has 1 aliphatic heterocycles. The van der Waals surface area contributed by atoms with Crippen LogP contribution in [0.4, 0.5) is 0 Å². The minimum atomic E-state index is 0.769. The maximum absolute atomic E-state index is 5.78. The van der Waals surface area contributed by atoms with Crippen molar-refractivity contribution in [1.82, 2.24) is 15.2 Å². The molecule has 4 nitrogen and oxygen atoms in total. The van der Waals surface area contributed by atoms with Gasteiger partial charge in [0.05, 0.1) is 5.69 Å². The van der Waals surface area contributed by atoms with Crippen LogP contribution < -0.4 is 10.1 Å². The van der Waals surface area contributed by atoms with E-state index in [9.17, 15) is 0 Å². The highest BCUT2D eigenvalue weighted by Crippen LogP contribution is 2.12. The third-order valence-corrected chi connectivity index (χ3v) is 3.22. The highest BCUT2D eigenvalue weighted by atomic mass is 16.5. The van der Waals surface area contributed by atoms with E-state index in [4.69, 9.17) is 4.74 Å². The van der Waals surface area contributed by atoms with Gasteiger partial charge in [0, 0.05) is 25.4 Å². The fourth-order valence-corrected chi connectivity index (χ4v) is 2.19. The normalized spacial score (nSPS) is 16.1. The zero-order valence-corrected chi connectivity index (χ0v) is 11.2. The summed E-state index contributed by atoms with van der Waals surface area (Å²) in [6.07, 6.45) is 4.49.